The van der Waals surface area contributed by atoms with Crippen LogP contribution in [0.3, 0.4) is 0 Å². The van der Waals surface area contributed by atoms with E-state index in [1.165, 1.54) is 44.2 Å². The Hall–Kier alpha value is 0.396. The summed E-state index contributed by atoms with van der Waals surface area (Å²) in [5.41, 5.74) is 8.30. The molecular weight excluding hydrogens is 482 g/mol. The molecule has 0 atom stereocenters. The third-order valence-corrected chi connectivity index (χ3v) is 4.27. The summed E-state index contributed by atoms with van der Waals surface area (Å²) >= 11 is -0.826. The van der Waals surface area contributed by atoms with Gasteiger partial charge in [0, 0.05) is 26.2 Å². The first kappa shape index (κ1) is 21.4. The van der Waals surface area contributed by atoms with Crippen molar-refractivity contribution in [1.82, 2.24) is 0 Å². The first-order chi connectivity index (χ1) is 10.5. The van der Waals surface area contributed by atoms with E-state index >= 15 is 0 Å². The standard InChI is InChI=1S/C19H19.2ClH.2Zr/c1-12-10-17-14(3)13(2)15(4)19(18(17)11-12)16-8-6-5-7-9-16;;;;/h5-11H,1-4H3;2*1H;;/q-1;;;;+2/p-2. The van der Waals surface area contributed by atoms with Gasteiger partial charge >= 0.3 is 37.9 Å². The SMILES string of the molecule is Cc1cc2c(-c3ccccc3)c(C)c(C)c(C)c2[cH-]1.[Cl][Zr][Cl].[Zr]. The zero-order valence-corrected chi connectivity index (χ0v) is 20.2. The molecule has 0 fully saturated rings. The summed E-state index contributed by atoms with van der Waals surface area (Å²) in [7, 11) is 9.87. The van der Waals surface area contributed by atoms with Gasteiger partial charge < -0.3 is 0 Å². The minimum Gasteiger partial charge on any atom is 0 e. The Labute approximate surface area is 176 Å². The van der Waals surface area contributed by atoms with Crippen LogP contribution in [0.5, 0.6) is 0 Å². The van der Waals surface area contributed by atoms with Crippen LogP contribution in [-0.4, -0.2) is 0 Å². The van der Waals surface area contributed by atoms with Crippen LogP contribution in [0.1, 0.15) is 22.3 Å². The van der Waals surface area contributed by atoms with E-state index in [9.17, 15) is 0 Å². The van der Waals surface area contributed by atoms with E-state index in [1.807, 2.05) is 0 Å². The summed E-state index contributed by atoms with van der Waals surface area (Å²) < 4.78 is 0. The Bertz CT molecular complexity index is 777. The molecule has 0 spiro atoms. The molecule has 4 heteroatoms. The summed E-state index contributed by atoms with van der Waals surface area (Å²) in [5, 5.41) is 2.80. The normalized spacial score (nSPS) is 9.83. The molecule has 3 aromatic carbocycles. The summed E-state index contributed by atoms with van der Waals surface area (Å²) in [5.74, 6) is 0. The molecule has 0 saturated heterocycles. The van der Waals surface area contributed by atoms with Gasteiger partial charge in [-0.1, -0.05) is 60.9 Å². The van der Waals surface area contributed by atoms with Crippen LogP contribution in [0.4, 0.5) is 0 Å². The van der Waals surface area contributed by atoms with Gasteiger partial charge in [0.05, 0.1) is 0 Å². The Morgan fingerprint density at radius 2 is 1.43 bits per heavy atom. The van der Waals surface area contributed by atoms with Crippen molar-refractivity contribution in [3.8, 4) is 11.1 Å². The minimum absolute atomic E-state index is 0. The van der Waals surface area contributed by atoms with Crippen molar-refractivity contribution in [1.29, 1.82) is 0 Å². The van der Waals surface area contributed by atoms with Gasteiger partial charge in [0.15, 0.2) is 0 Å². The largest absolute Gasteiger partial charge is 0 e. The third kappa shape index (κ3) is 4.73. The molecule has 0 heterocycles. The molecule has 0 amide bonds. The monoisotopic (exact) mass is 497 g/mol. The maximum Gasteiger partial charge on any atom is 0 e. The van der Waals surface area contributed by atoms with Crippen molar-refractivity contribution in [3.05, 3.63) is 64.7 Å². The number of fused-ring (bicyclic) bond motifs is 1. The van der Waals surface area contributed by atoms with Gasteiger partial charge in [-0.05, 0) is 19.4 Å². The van der Waals surface area contributed by atoms with Crippen LogP contribution in [0, 0.1) is 27.7 Å². The second kappa shape index (κ2) is 9.77. The molecule has 0 aromatic heterocycles. The number of benzene rings is 2. The summed E-state index contributed by atoms with van der Waals surface area (Å²) in [6, 6.07) is 15.4. The van der Waals surface area contributed by atoms with Crippen molar-refractivity contribution < 1.29 is 47.1 Å². The van der Waals surface area contributed by atoms with E-state index in [1.54, 1.807) is 0 Å². The Balaban J connectivity index is 0.000000615. The number of halogens is 2. The molecule has 118 valence electrons. The number of aryl methyl sites for hydroxylation is 2. The zero-order valence-electron chi connectivity index (χ0n) is 13.8. The average molecular weight is 501 g/mol. The number of hydrogen-bond acceptors (Lipinski definition) is 0. The number of rotatable bonds is 1. The minimum atomic E-state index is -0.826. The fourth-order valence-corrected chi connectivity index (χ4v) is 3.02. The molecule has 3 aromatic rings. The molecule has 0 aliphatic heterocycles. The quantitative estimate of drug-likeness (QED) is 0.321. The molecule has 0 aliphatic carbocycles. The Morgan fingerprint density at radius 1 is 0.870 bits per heavy atom. The summed E-state index contributed by atoms with van der Waals surface area (Å²) in [4.78, 5) is 0. The molecule has 0 unspecified atom stereocenters. The van der Waals surface area contributed by atoms with Gasteiger partial charge in [-0.15, -0.1) is 28.0 Å². The van der Waals surface area contributed by atoms with Crippen LogP contribution >= 0.6 is 17.0 Å². The van der Waals surface area contributed by atoms with Gasteiger partial charge in [-0.3, -0.25) is 0 Å². The van der Waals surface area contributed by atoms with Crippen LogP contribution in [-0.2, 0) is 47.1 Å². The van der Waals surface area contributed by atoms with Gasteiger partial charge in [-0.2, -0.15) is 6.07 Å². The second-order valence-electron chi connectivity index (χ2n) is 5.55. The maximum atomic E-state index is 4.93. The molecule has 0 aliphatic rings. The fraction of sp³-hybridized carbons (Fsp3) is 0.211. The van der Waals surface area contributed by atoms with Gasteiger partial charge in [-0.25, -0.2) is 0 Å². The van der Waals surface area contributed by atoms with Crippen molar-refractivity contribution in [2.45, 2.75) is 27.7 Å². The van der Waals surface area contributed by atoms with E-state index in [0.717, 1.165) is 0 Å². The van der Waals surface area contributed by atoms with Gasteiger partial charge in [0.2, 0.25) is 0 Å². The van der Waals surface area contributed by atoms with Crippen molar-refractivity contribution >= 4 is 27.8 Å². The third-order valence-electron chi connectivity index (χ3n) is 4.27. The Kier molecular flexibility index (Phi) is 9.11. The van der Waals surface area contributed by atoms with Crippen LogP contribution < -0.4 is 0 Å². The van der Waals surface area contributed by atoms with Crippen LogP contribution in [0.25, 0.3) is 21.9 Å². The van der Waals surface area contributed by atoms with Gasteiger partial charge in [0.25, 0.3) is 0 Å². The summed E-state index contributed by atoms with van der Waals surface area (Å²) in [6.45, 7) is 8.89. The molecule has 0 bridgehead atoms. The van der Waals surface area contributed by atoms with Crippen molar-refractivity contribution in [2.24, 2.45) is 0 Å². The van der Waals surface area contributed by atoms with Crippen molar-refractivity contribution in [3.63, 3.8) is 0 Å². The predicted molar refractivity (Wildman–Crippen MR) is 95.6 cm³/mol. The first-order valence-electron chi connectivity index (χ1n) is 7.19. The topological polar surface area (TPSA) is 0 Å². The smallest absolute Gasteiger partial charge is 0 e. The maximum absolute atomic E-state index is 4.93. The molecular formula is C19H19Cl2Zr2-. The zero-order chi connectivity index (χ0) is 16.3. The van der Waals surface area contributed by atoms with E-state index in [4.69, 9.17) is 17.0 Å². The van der Waals surface area contributed by atoms with Crippen LogP contribution in [0.2, 0.25) is 0 Å². The molecule has 0 nitrogen and oxygen atoms in total. The molecule has 0 N–H and O–H groups in total. The average Bonchev–Trinajstić information content (AvgIpc) is 2.89. The van der Waals surface area contributed by atoms with E-state index < -0.39 is 20.8 Å². The Morgan fingerprint density at radius 3 is 2.00 bits per heavy atom. The summed E-state index contributed by atoms with van der Waals surface area (Å²) in [6.07, 6.45) is 0. The molecule has 0 saturated carbocycles. The second-order valence-corrected chi connectivity index (χ2v) is 9.28. The predicted octanol–water partition coefficient (Wildman–Crippen LogP) is 6.83. The van der Waals surface area contributed by atoms with E-state index in [2.05, 4.69) is 70.2 Å². The molecule has 23 heavy (non-hydrogen) atoms. The molecule has 0 radical (unpaired) electrons. The first-order valence-corrected chi connectivity index (χ1v) is 13.5. The van der Waals surface area contributed by atoms with Crippen LogP contribution in [0.15, 0.2) is 42.5 Å². The van der Waals surface area contributed by atoms with E-state index in [0.29, 0.717) is 0 Å². The van der Waals surface area contributed by atoms with E-state index in [-0.39, 0.29) is 26.2 Å². The fourth-order valence-electron chi connectivity index (χ4n) is 3.02. The van der Waals surface area contributed by atoms with Gasteiger partial charge in [0.1, 0.15) is 0 Å². The molecule has 3 rings (SSSR count). The number of hydrogen-bond donors (Lipinski definition) is 0. The van der Waals surface area contributed by atoms with Crippen molar-refractivity contribution in [2.75, 3.05) is 0 Å².